The maximum Gasteiger partial charge on any atom is 0.408 e. The van der Waals surface area contributed by atoms with Crippen LogP contribution in [0.4, 0.5) is 0 Å². The lowest BCUT2D eigenvalue weighted by atomic mass is 10.1. The second-order valence-electron chi connectivity index (χ2n) is 3.78. The summed E-state index contributed by atoms with van der Waals surface area (Å²) in [6, 6.07) is 6.25. The summed E-state index contributed by atoms with van der Waals surface area (Å²) in [5, 5.41) is 7.78. The average Bonchev–Trinajstić information content (AvgIpc) is 2.86. The first-order chi connectivity index (χ1) is 7.34. The number of aliphatic imine (C=N–C) groups is 1. The summed E-state index contributed by atoms with van der Waals surface area (Å²) in [7, 11) is 0. The summed E-state index contributed by atoms with van der Waals surface area (Å²) in [6.45, 7) is 3.90. The lowest BCUT2D eigenvalue weighted by molar-refractivity contribution is -0.618. The standard InChI is InChI=1S/C11H12N4/c1-8-3-2-4-10-9(8)7-15(14-10)11-12-5-6-13-11/h2-4,7H,5-6H2,1H3,(H,12,13)/p+1. The van der Waals surface area contributed by atoms with Crippen LogP contribution < -0.4 is 10.00 Å². The van der Waals surface area contributed by atoms with E-state index < -0.39 is 0 Å². The zero-order chi connectivity index (χ0) is 10.3. The monoisotopic (exact) mass is 201 g/mol. The molecule has 0 spiro atoms. The van der Waals surface area contributed by atoms with E-state index in [9.17, 15) is 0 Å². The van der Waals surface area contributed by atoms with Gasteiger partial charge in [0.25, 0.3) is 0 Å². The van der Waals surface area contributed by atoms with Crippen LogP contribution in [0, 0.1) is 6.92 Å². The Kier molecular flexibility index (Phi) is 1.74. The number of aromatic amines is 1. The van der Waals surface area contributed by atoms with Crippen molar-refractivity contribution in [2.75, 3.05) is 13.1 Å². The van der Waals surface area contributed by atoms with Gasteiger partial charge in [-0.25, -0.2) is 5.10 Å². The molecule has 1 aliphatic heterocycles. The van der Waals surface area contributed by atoms with Gasteiger partial charge in [-0.05, 0) is 18.6 Å². The number of hydrogen-bond donors (Lipinski definition) is 2. The van der Waals surface area contributed by atoms with Gasteiger partial charge >= 0.3 is 5.96 Å². The number of aryl methyl sites for hydroxylation is 1. The SMILES string of the molecule is Cc1cccc2[nH][n+](C3=NCCN3)cc12. The van der Waals surface area contributed by atoms with E-state index >= 15 is 0 Å². The minimum atomic E-state index is 0.858. The number of aromatic nitrogens is 2. The Morgan fingerprint density at radius 3 is 3.07 bits per heavy atom. The Bertz CT molecular complexity index is 539. The van der Waals surface area contributed by atoms with Crippen molar-refractivity contribution in [1.29, 1.82) is 0 Å². The van der Waals surface area contributed by atoms with Gasteiger partial charge in [0.05, 0.1) is 12.1 Å². The molecule has 2 aromatic rings. The molecule has 0 unspecified atom stereocenters. The van der Waals surface area contributed by atoms with Crippen molar-refractivity contribution in [2.45, 2.75) is 6.92 Å². The topological polar surface area (TPSA) is 44.1 Å². The van der Waals surface area contributed by atoms with Crippen LogP contribution in [0.3, 0.4) is 0 Å². The highest BCUT2D eigenvalue weighted by molar-refractivity contribution is 5.82. The Morgan fingerprint density at radius 2 is 2.33 bits per heavy atom. The Labute approximate surface area is 87.6 Å². The fourth-order valence-corrected chi connectivity index (χ4v) is 1.90. The van der Waals surface area contributed by atoms with Crippen LogP contribution in [0.25, 0.3) is 10.9 Å². The van der Waals surface area contributed by atoms with Crippen molar-refractivity contribution in [1.82, 2.24) is 10.4 Å². The molecule has 0 saturated heterocycles. The third kappa shape index (κ3) is 1.29. The van der Waals surface area contributed by atoms with Crippen LogP contribution in [0.15, 0.2) is 29.4 Å². The van der Waals surface area contributed by atoms with Crippen LogP contribution >= 0.6 is 0 Å². The van der Waals surface area contributed by atoms with Crippen molar-refractivity contribution >= 4 is 16.9 Å². The number of nitrogens with one attached hydrogen (secondary N) is 2. The fraction of sp³-hybridized carbons (Fsp3) is 0.273. The molecule has 2 heterocycles. The maximum absolute atomic E-state index is 4.37. The molecule has 0 atom stereocenters. The number of H-pyrrole nitrogens is 1. The molecule has 2 N–H and O–H groups in total. The highest BCUT2D eigenvalue weighted by Gasteiger charge is 2.18. The summed E-state index contributed by atoms with van der Waals surface area (Å²) in [4.78, 5) is 4.37. The lowest BCUT2D eigenvalue weighted by Crippen LogP contribution is -2.50. The first-order valence-corrected chi connectivity index (χ1v) is 5.13. The maximum atomic E-state index is 4.37. The summed E-state index contributed by atoms with van der Waals surface area (Å²) in [5.74, 6) is 0.908. The molecule has 0 saturated carbocycles. The average molecular weight is 201 g/mol. The van der Waals surface area contributed by atoms with Gasteiger partial charge < -0.3 is 0 Å². The number of rotatable bonds is 0. The normalized spacial score (nSPS) is 15.4. The van der Waals surface area contributed by atoms with E-state index in [-0.39, 0.29) is 0 Å². The second-order valence-corrected chi connectivity index (χ2v) is 3.78. The van der Waals surface area contributed by atoms with E-state index in [0.29, 0.717) is 0 Å². The van der Waals surface area contributed by atoms with Gasteiger partial charge in [-0.1, -0.05) is 12.1 Å². The lowest BCUT2D eigenvalue weighted by Gasteiger charge is -1.90. The molecule has 76 valence electrons. The Hall–Kier alpha value is -1.84. The molecule has 0 amide bonds. The molecule has 1 aliphatic rings. The molecule has 0 radical (unpaired) electrons. The molecule has 1 aromatic heterocycles. The summed E-state index contributed by atoms with van der Waals surface area (Å²) in [6.07, 6.45) is 2.09. The molecule has 0 aliphatic carbocycles. The van der Waals surface area contributed by atoms with Crippen molar-refractivity contribution in [3.63, 3.8) is 0 Å². The number of fused-ring (bicyclic) bond motifs is 1. The molecule has 1 aromatic carbocycles. The van der Waals surface area contributed by atoms with Gasteiger partial charge in [-0.15, -0.1) is 9.67 Å². The molecule has 0 fully saturated rings. The van der Waals surface area contributed by atoms with E-state index in [0.717, 1.165) is 24.6 Å². The van der Waals surface area contributed by atoms with Crippen LogP contribution in [0.1, 0.15) is 5.56 Å². The Balaban J connectivity index is 2.18. The highest BCUT2D eigenvalue weighted by atomic mass is 15.4. The molecular weight excluding hydrogens is 188 g/mol. The van der Waals surface area contributed by atoms with E-state index in [4.69, 9.17) is 0 Å². The van der Waals surface area contributed by atoms with Crippen molar-refractivity contribution in [3.8, 4) is 0 Å². The second kappa shape index (κ2) is 3.08. The third-order valence-corrected chi connectivity index (χ3v) is 2.71. The summed E-state index contributed by atoms with van der Waals surface area (Å²) < 4.78 is 1.95. The van der Waals surface area contributed by atoms with Crippen LogP contribution in [-0.2, 0) is 0 Å². The van der Waals surface area contributed by atoms with Gasteiger partial charge in [-0.2, -0.15) is 0 Å². The first-order valence-electron chi connectivity index (χ1n) is 5.13. The van der Waals surface area contributed by atoms with Crippen molar-refractivity contribution < 1.29 is 4.68 Å². The molecule has 0 bridgehead atoms. The molecule has 4 heteroatoms. The van der Waals surface area contributed by atoms with Gasteiger partial charge in [0.1, 0.15) is 12.7 Å². The molecular formula is C11H13N4+. The smallest absolute Gasteiger partial charge is 0.270 e. The predicted molar refractivity (Wildman–Crippen MR) is 58.9 cm³/mol. The minimum Gasteiger partial charge on any atom is -0.270 e. The van der Waals surface area contributed by atoms with Crippen molar-refractivity contribution in [2.24, 2.45) is 4.99 Å². The Morgan fingerprint density at radius 1 is 1.40 bits per heavy atom. The largest absolute Gasteiger partial charge is 0.408 e. The molecule has 15 heavy (non-hydrogen) atoms. The van der Waals surface area contributed by atoms with Gasteiger partial charge in [0.2, 0.25) is 0 Å². The predicted octanol–water partition coefficient (Wildman–Crippen LogP) is 0.571. The minimum absolute atomic E-state index is 0.858. The number of hydrogen-bond acceptors (Lipinski definition) is 2. The number of benzene rings is 1. The quantitative estimate of drug-likeness (QED) is 0.601. The van der Waals surface area contributed by atoms with Crippen molar-refractivity contribution in [3.05, 3.63) is 30.0 Å². The van der Waals surface area contributed by atoms with Crippen LogP contribution in [0.2, 0.25) is 0 Å². The van der Waals surface area contributed by atoms with Gasteiger partial charge in [-0.3, -0.25) is 5.32 Å². The third-order valence-electron chi connectivity index (χ3n) is 2.71. The molecule has 4 nitrogen and oxygen atoms in total. The van der Waals surface area contributed by atoms with E-state index in [1.165, 1.54) is 10.9 Å². The van der Waals surface area contributed by atoms with Crippen LogP contribution in [0.5, 0.6) is 0 Å². The summed E-state index contributed by atoms with van der Waals surface area (Å²) in [5.41, 5.74) is 2.42. The highest BCUT2D eigenvalue weighted by Crippen LogP contribution is 2.13. The number of nitrogens with zero attached hydrogens (tertiary/aromatic N) is 2. The summed E-state index contributed by atoms with van der Waals surface area (Å²) >= 11 is 0. The zero-order valence-corrected chi connectivity index (χ0v) is 8.62. The van der Waals surface area contributed by atoms with E-state index in [2.05, 4.69) is 46.7 Å². The van der Waals surface area contributed by atoms with Crippen LogP contribution in [-0.4, -0.2) is 24.1 Å². The van der Waals surface area contributed by atoms with E-state index in [1.54, 1.807) is 0 Å². The molecule has 3 rings (SSSR count). The van der Waals surface area contributed by atoms with Gasteiger partial charge in [0.15, 0.2) is 0 Å². The zero-order valence-electron chi connectivity index (χ0n) is 8.62. The van der Waals surface area contributed by atoms with E-state index in [1.807, 2.05) is 4.68 Å². The van der Waals surface area contributed by atoms with Gasteiger partial charge in [0, 0.05) is 5.39 Å². The fourth-order valence-electron chi connectivity index (χ4n) is 1.90. The first kappa shape index (κ1) is 8.47.